The Hall–Kier alpha value is -4.05. The zero-order chi connectivity index (χ0) is 30.0. The third-order valence-electron chi connectivity index (χ3n) is 8.14. The van der Waals surface area contributed by atoms with Gasteiger partial charge in [0.05, 0.1) is 16.9 Å². The molecule has 43 heavy (non-hydrogen) atoms. The van der Waals surface area contributed by atoms with Gasteiger partial charge in [-0.25, -0.2) is 4.98 Å². The topological polar surface area (TPSA) is 77.6 Å². The summed E-state index contributed by atoms with van der Waals surface area (Å²) in [6.07, 6.45) is 7.94. The highest BCUT2D eigenvalue weighted by Gasteiger charge is 2.32. The van der Waals surface area contributed by atoms with Gasteiger partial charge in [0, 0.05) is 63.6 Å². The van der Waals surface area contributed by atoms with Gasteiger partial charge in [-0.3, -0.25) is 14.8 Å². The highest BCUT2D eigenvalue weighted by Crippen LogP contribution is 2.38. The number of likely N-dealkylation sites (N-methyl/N-ethyl adjacent to an activating group) is 1. The Labute approximate surface area is 254 Å². The first-order valence-electron chi connectivity index (χ1n) is 15.0. The molecule has 9 heteroatoms. The molecule has 6 rings (SSSR count). The summed E-state index contributed by atoms with van der Waals surface area (Å²) in [5.41, 5.74) is 6.26. The maximum absolute atomic E-state index is 13.5. The zero-order valence-corrected chi connectivity index (χ0v) is 26.5. The first kappa shape index (κ1) is 29.0. The van der Waals surface area contributed by atoms with Gasteiger partial charge in [0.1, 0.15) is 12.5 Å². The van der Waals surface area contributed by atoms with Gasteiger partial charge in [-0.05, 0) is 66.7 Å². The molecule has 0 bridgehead atoms. The van der Waals surface area contributed by atoms with E-state index in [1.54, 1.807) is 4.90 Å². The molecule has 2 aliphatic heterocycles. The van der Waals surface area contributed by atoms with Crippen molar-refractivity contribution < 1.29 is 9.53 Å². The van der Waals surface area contributed by atoms with Crippen molar-refractivity contribution in [3.63, 3.8) is 0 Å². The number of carbonyl (C=O) groups is 1. The fourth-order valence-electron chi connectivity index (χ4n) is 5.44. The van der Waals surface area contributed by atoms with E-state index in [9.17, 15) is 4.79 Å². The summed E-state index contributed by atoms with van der Waals surface area (Å²) in [6.45, 7) is 12.0. The lowest BCUT2D eigenvalue weighted by Gasteiger charge is -2.33. The summed E-state index contributed by atoms with van der Waals surface area (Å²) in [4.78, 5) is 24.6. The van der Waals surface area contributed by atoms with Gasteiger partial charge in [0.2, 0.25) is 0 Å². The van der Waals surface area contributed by atoms with E-state index in [0.717, 1.165) is 77.0 Å². The average Bonchev–Trinajstić information content (AvgIpc) is 3.52. The number of anilines is 2. The lowest BCUT2D eigenvalue weighted by Crippen LogP contribution is -2.44. The number of nitrogens with one attached hydrogen (secondary N) is 1. The number of aromatic amines is 1. The quantitative estimate of drug-likeness (QED) is 0.144. The molecule has 2 aliphatic rings. The summed E-state index contributed by atoms with van der Waals surface area (Å²) in [5.74, 6) is 0.993. The molecule has 2 aromatic carbocycles. The van der Waals surface area contributed by atoms with Crippen LogP contribution in [0, 0.1) is 0 Å². The Morgan fingerprint density at radius 1 is 0.977 bits per heavy atom. The van der Waals surface area contributed by atoms with Crippen LogP contribution in [0.25, 0.3) is 34.7 Å². The number of pyridine rings is 1. The van der Waals surface area contributed by atoms with Crippen molar-refractivity contribution in [2.45, 2.75) is 25.7 Å². The zero-order valence-electron chi connectivity index (χ0n) is 25.5. The Kier molecular flexibility index (Phi) is 8.29. The normalized spacial score (nSPS) is 17.1. The van der Waals surface area contributed by atoms with Crippen molar-refractivity contribution in [3.05, 3.63) is 83.2 Å². The maximum atomic E-state index is 13.5. The molecule has 0 saturated carbocycles. The highest BCUT2D eigenvalue weighted by molar-refractivity contribution is 6.76. The van der Waals surface area contributed by atoms with E-state index < -0.39 is 8.07 Å². The SMILES string of the molecule is CN1CCN(c2ccc(C=Cc3n[nH]c4cc(C=C5C(=O)N(COCC[Si](C)(C)C)c6ccccc65)ccc34)cn2)CC1. The minimum atomic E-state index is -1.20. The first-order valence-corrected chi connectivity index (χ1v) is 18.7. The van der Waals surface area contributed by atoms with Crippen LogP contribution in [0.1, 0.15) is 22.4 Å². The number of benzene rings is 2. The molecule has 0 radical (unpaired) electrons. The number of ether oxygens (including phenoxy) is 1. The average molecular weight is 593 g/mol. The summed E-state index contributed by atoms with van der Waals surface area (Å²) >= 11 is 0. The van der Waals surface area contributed by atoms with Gasteiger partial charge >= 0.3 is 0 Å². The van der Waals surface area contributed by atoms with Crippen molar-refractivity contribution in [3.8, 4) is 0 Å². The molecule has 1 saturated heterocycles. The first-order chi connectivity index (χ1) is 20.7. The molecule has 1 fully saturated rings. The third kappa shape index (κ3) is 6.64. The highest BCUT2D eigenvalue weighted by atomic mass is 28.3. The number of carbonyl (C=O) groups excluding carboxylic acids is 1. The molecule has 0 unspecified atom stereocenters. The number of amides is 1. The molecule has 0 spiro atoms. The van der Waals surface area contributed by atoms with E-state index in [-0.39, 0.29) is 12.6 Å². The van der Waals surface area contributed by atoms with Gasteiger partial charge < -0.3 is 14.5 Å². The predicted molar refractivity (Wildman–Crippen MR) is 180 cm³/mol. The van der Waals surface area contributed by atoms with E-state index in [1.165, 1.54) is 0 Å². The lowest BCUT2D eigenvalue weighted by molar-refractivity contribution is -0.114. The number of aromatic nitrogens is 3. The van der Waals surface area contributed by atoms with Gasteiger partial charge in [0.15, 0.2) is 0 Å². The number of nitrogens with zero attached hydrogens (tertiary/aromatic N) is 5. The Balaban J connectivity index is 1.16. The molecular formula is C34H40N6O2Si. The molecule has 0 atom stereocenters. The van der Waals surface area contributed by atoms with Crippen LogP contribution in [0.5, 0.6) is 0 Å². The number of rotatable bonds is 9. The van der Waals surface area contributed by atoms with Crippen LogP contribution >= 0.6 is 0 Å². The molecule has 222 valence electrons. The number of H-pyrrole nitrogens is 1. The fraction of sp³-hybridized carbons (Fsp3) is 0.324. The summed E-state index contributed by atoms with van der Waals surface area (Å²) < 4.78 is 5.96. The second kappa shape index (κ2) is 12.3. The largest absolute Gasteiger partial charge is 0.361 e. The van der Waals surface area contributed by atoms with Gasteiger partial charge in [0.25, 0.3) is 5.91 Å². The van der Waals surface area contributed by atoms with E-state index in [4.69, 9.17) is 9.72 Å². The smallest absolute Gasteiger partial charge is 0.260 e. The van der Waals surface area contributed by atoms with Crippen LogP contribution in [0.3, 0.4) is 0 Å². The van der Waals surface area contributed by atoms with Crippen molar-refractivity contribution in [1.82, 2.24) is 20.1 Å². The van der Waals surface area contributed by atoms with E-state index in [0.29, 0.717) is 12.2 Å². The molecule has 0 aliphatic carbocycles. The van der Waals surface area contributed by atoms with Crippen molar-refractivity contribution >= 4 is 60.2 Å². The van der Waals surface area contributed by atoms with E-state index in [1.807, 2.05) is 60.8 Å². The van der Waals surface area contributed by atoms with Gasteiger partial charge in [-0.2, -0.15) is 5.10 Å². The van der Waals surface area contributed by atoms with E-state index in [2.05, 4.69) is 64.9 Å². The molecule has 2 aromatic heterocycles. The number of hydrogen-bond acceptors (Lipinski definition) is 6. The summed E-state index contributed by atoms with van der Waals surface area (Å²) in [6, 6.07) is 19.3. The standard InChI is InChI=1S/C34H40N6O2Si/c1-38-15-17-39(18-16-38)33-14-11-25(23-35-33)10-13-30-28-12-9-26(22-31(28)37-36-30)21-29-27-7-5-6-8-32(27)40(34(29)41)24-42-19-20-43(2,3)4/h5-14,21-23H,15-20,24H2,1-4H3,(H,36,37). The van der Waals surface area contributed by atoms with Crippen molar-refractivity contribution in [2.75, 3.05) is 56.4 Å². The third-order valence-corrected chi connectivity index (χ3v) is 9.84. The summed E-state index contributed by atoms with van der Waals surface area (Å²) in [5, 5.41) is 8.73. The molecule has 8 nitrogen and oxygen atoms in total. The van der Waals surface area contributed by atoms with Gasteiger partial charge in [-0.15, -0.1) is 0 Å². The van der Waals surface area contributed by atoms with Crippen molar-refractivity contribution in [2.24, 2.45) is 0 Å². The van der Waals surface area contributed by atoms with Crippen LogP contribution in [0.2, 0.25) is 25.7 Å². The number of piperazine rings is 1. The van der Waals surface area contributed by atoms with Crippen LogP contribution < -0.4 is 9.80 Å². The molecule has 4 heterocycles. The predicted octanol–water partition coefficient (Wildman–Crippen LogP) is 6.08. The van der Waals surface area contributed by atoms with Gasteiger partial charge in [-0.1, -0.05) is 50.0 Å². The van der Waals surface area contributed by atoms with Crippen LogP contribution in [-0.4, -0.2) is 80.6 Å². The summed E-state index contributed by atoms with van der Waals surface area (Å²) in [7, 11) is 0.960. The Bertz CT molecular complexity index is 1660. The molecule has 1 amide bonds. The number of hydrogen-bond donors (Lipinski definition) is 1. The number of para-hydroxylation sites is 1. The second-order valence-corrected chi connectivity index (χ2v) is 18.3. The Morgan fingerprint density at radius 2 is 1.77 bits per heavy atom. The Morgan fingerprint density at radius 3 is 2.53 bits per heavy atom. The van der Waals surface area contributed by atoms with E-state index >= 15 is 0 Å². The molecule has 1 N–H and O–H groups in total. The van der Waals surface area contributed by atoms with Crippen molar-refractivity contribution in [1.29, 1.82) is 0 Å². The monoisotopic (exact) mass is 592 g/mol. The fourth-order valence-corrected chi connectivity index (χ4v) is 6.20. The van der Waals surface area contributed by atoms with Crippen LogP contribution in [-0.2, 0) is 9.53 Å². The minimum Gasteiger partial charge on any atom is -0.361 e. The second-order valence-electron chi connectivity index (χ2n) is 12.6. The number of fused-ring (bicyclic) bond motifs is 2. The maximum Gasteiger partial charge on any atom is 0.260 e. The minimum absolute atomic E-state index is 0.0326. The lowest BCUT2D eigenvalue weighted by atomic mass is 10.0. The van der Waals surface area contributed by atoms with Crippen LogP contribution in [0.4, 0.5) is 11.5 Å². The molecule has 4 aromatic rings. The van der Waals surface area contributed by atoms with Crippen LogP contribution in [0.15, 0.2) is 60.8 Å². The molecular weight excluding hydrogens is 553 g/mol.